The summed E-state index contributed by atoms with van der Waals surface area (Å²) in [5.41, 5.74) is 2.95. The molecule has 6 nitrogen and oxygen atoms in total. The number of nitrogens with one attached hydrogen (secondary N) is 1. The first-order chi connectivity index (χ1) is 9.95. The number of pyridine rings is 1. The van der Waals surface area contributed by atoms with E-state index in [0.717, 1.165) is 20.7 Å². The second-order valence-corrected chi connectivity index (χ2v) is 6.76. The van der Waals surface area contributed by atoms with Gasteiger partial charge in [-0.15, -0.1) is 10.2 Å². The van der Waals surface area contributed by atoms with E-state index in [1.54, 1.807) is 4.40 Å². The summed E-state index contributed by atoms with van der Waals surface area (Å²) in [5.74, 6) is -0.242. The molecule has 0 atom stereocenters. The molecule has 0 aliphatic carbocycles. The van der Waals surface area contributed by atoms with E-state index in [-0.39, 0.29) is 5.91 Å². The standard InChI is InChI=1S/C13H12BrN5OS/c1-6-4-9(14)5-19-10(7(2)15-11(6)19)12(20)16-13-18-17-8(3)21-13/h4-5H,1-3H3,(H,16,18,20). The number of rotatable bonds is 2. The Morgan fingerprint density at radius 1 is 1.33 bits per heavy atom. The summed E-state index contributed by atoms with van der Waals surface area (Å²) in [6, 6.07) is 1.97. The van der Waals surface area contributed by atoms with E-state index in [1.165, 1.54) is 11.3 Å². The van der Waals surface area contributed by atoms with Crippen molar-refractivity contribution >= 4 is 44.0 Å². The molecule has 0 spiro atoms. The molecule has 3 rings (SSSR count). The minimum absolute atomic E-state index is 0.242. The molecule has 0 aromatic carbocycles. The first-order valence-corrected chi connectivity index (χ1v) is 7.83. The molecule has 0 fully saturated rings. The maximum atomic E-state index is 12.5. The van der Waals surface area contributed by atoms with Gasteiger partial charge in [-0.1, -0.05) is 11.3 Å². The van der Waals surface area contributed by atoms with Crippen molar-refractivity contribution in [3.63, 3.8) is 0 Å². The van der Waals surface area contributed by atoms with Gasteiger partial charge in [0.1, 0.15) is 16.3 Å². The highest BCUT2D eigenvalue weighted by Gasteiger charge is 2.19. The van der Waals surface area contributed by atoms with Crippen LogP contribution in [0.1, 0.15) is 26.8 Å². The lowest BCUT2D eigenvalue weighted by molar-refractivity contribution is 0.102. The number of aryl methyl sites for hydroxylation is 3. The van der Waals surface area contributed by atoms with Gasteiger partial charge < -0.3 is 0 Å². The Balaban J connectivity index is 2.07. The number of carbonyl (C=O) groups excluding carboxylic acids is 1. The first-order valence-electron chi connectivity index (χ1n) is 6.22. The first kappa shape index (κ1) is 14.2. The van der Waals surface area contributed by atoms with Crippen molar-refractivity contribution < 1.29 is 4.79 Å². The second kappa shape index (κ2) is 5.19. The van der Waals surface area contributed by atoms with E-state index >= 15 is 0 Å². The predicted octanol–water partition coefficient (Wildman–Crippen LogP) is 3.13. The summed E-state index contributed by atoms with van der Waals surface area (Å²) < 4.78 is 2.68. The summed E-state index contributed by atoms with van der Waals surface area (Å²) in [6.07, 6.45) is 1.84. The van der Waals surface area contributed by atoms with Gasteiger partial charge in [0.2, 0.25) is 5.13 Å². The van der Waals surface area contributed by atoms with Crippen LogP contribution in [-0.2, 0) is 0 Å². The molecule has 21 heavy (non-hydrogen) atoms. The quantitative estimate of drug-likeness (QED) is 0.757. The third-order valence-corrected chi connectivity index (χ3v) is 4.19. The van der Waals surface area contributed by atoms with Crippen molar-refractivity contribution in [2.75, 3.05) is 5.32 Å². The molecule has 3 aromatic rings. The van der Waals surface area contributed by atoms with Crippen molar-refractivity contribution in [1.82, 2.24) is 19.6 Å². The third-order valence-electron chi connectivity index (χ3n) is 3.01. The lowest BCUT2D eigenvalue weighted by atomic mass is 10.3. The van der Waals surface area contributed by atoms with Crippen molar-refractivity contribution in [2.24, 2.45) is 0 Å². The average molecular weight is 366 g/mol. The van der Waals surface area contributed by atoms with Crippen LogP contribution in [0.3, 0.4) is 0 Å². The van der Waals surface area contributed by atoms with Crippen LogP contribution in [0.25, 0.3) is 5.65 Å². The van der Waals surface area contributed by atoms with Gasteiger partial charge in [-0.3, -0.25) is 14.5 Å². The van der Waals surface area contributed by atoms with Gasteiger partial charge in [-0.05, 0) is 48.3 Å². The summed E-state index contributed by atoms with van der Waals surface area (Å²) >= 11 is 4.78. The van der Waals surface area contributed by atoms with E-state index in [4.69, 9.17) is 0 Å². The number of imidazole rings is 1. The number of anilines is 1. The van der Waals surface area contributed by atoms with Crippen molar-refractivity contribution in [3.8, 4) is 0 Å². The fraction of sp³-hybridized carbons (Fsp3) is 0.231. The fourth-order valence-corrected chi connectivity index (χ4v) is 3.29. The molecule has 8 heteroatoms. The molecule has 0 aliphatic heterocycles. The molecule has 108 valence electrons. The van der Waals surface area contributed by atoms with Gasteiger partial charge in [0.05, 0.1) is 5.69 Å². The molecular weight excluding hydrogens is 354 g/mol. The van der Waals surface area contributed by atoms with Crippen molar-refractivity contribution in [1.29, 1.82) is 0 Å². The Bertz CT molecular complexity index is 854. The van der Waals surface area contributed by atoms with Crippen molar-refractivity contribution in [2.45, 2.75) is 20.8 Å². The summed E-state index contributed by atoms with van der Waals surface area (Å²) in [7, 11) is 0. The van der Waals surface area contributed by atoms with Crippen LogP contribution in [0.15, 0.2) is 16.7 Å². The molecule has 0 unspecified atom stereocenters. The van der Waals surface area contributed by atoms with E-state index in [9.17, 15) is 4.79 Å². The topological polar surface area (TPSA) is 72.2 Å². The van der Waals surface area contributed by atoms with Crippen LogP contribution >= 0.6 is 27.3 Å². The smallest absolute Gasteiger partial charge is 0.276 e. The number of fused-ring (bicyclic) bond motifs is 1. The van der Waals surface area contributed by atoms with Crippen LogP contribution in [0.2, 0.25) is 0 Å². The van der Waals surface area contributed by atoms with Crippen LogP contribution in [-0.4, -0.2) is 25.5 Å². The molecule has 0 saturated heterocycles. The Morgan fingerprint density at radius 3 is 2.76 bits per heavy atom. The van der Waals surface area contributed by atoms with Crippen LogP contribution in [0, 0.1) is 20.8 Å². The zero-order valence-electron chi connectivity index (χ0n) is 11.6. The normalized spacial score (nSPS) is 11.0. The molecule has 0 aliphatic rings. The average Bonchev–Trinajstić information content (AvgIpc) is 2.92. The van der Waals surface area contributed by atoms with Crippen LogP contribution in [0.4, 0.5) is 5.13 Å². The molecule has 0 radical (unpaired) electrons. The minimum atomic E-state index is -0.242. The molecular formula is C13H12BrN5OS. The van der Waals surface area contributed by atoms with E-state index in [2.05, 4.69) is 36.4 Å². The highest BCUT2D eigenvalue weighted by Crippen LogP contribution is 2.22. The molecule has 0 bridgehead atoms. The Labute approximate surface area is 133 Å². The largest absolute Gasteiger partial charge is 0.295 e. The predicted molar refractivity (Wildman–Crippen MR) is 85.0 cm³/mol. The maximum Gasteiger partial charge on any atom is 0.276 e. The number of carbonyl (C=O) groups is 1. The molecule has 3 heterocycles. The second-order valence-electron chi connectivity index (χ2n) is 4.66. The zero-order chi connectivity index (χ0) is 15.1. The minimum Gasteiger partial charge on any atom is -0.295 e. The number of aromatic nitrogens is 4. The molecule has 3 aromatic heterocycles. The van der Waals surface area contributed by atoms with Gasteiger partial charge in [0.15, 0.2) is 0 Å². The van der Waals surface area contributed by atoms with Gasteiger partial charge in [-0.2, -0.15) is 0 Å². The van der Waals surface area contributed by atoms with Crippen LogP contribution in [0.5, 0.6) is 0 Å². The zero-order valence-corrected chi connectivity index (χ0v) is 14.0. The number of nitrogens with zero attached hydrogens (tertiary/aromatic N) is 4. The molecule has 0 saturated carbocycles. The van der Waals surface area contributed by atoms with Crippen molar-refractivity contribution in [3.05, 3.63) is 38.7 Å². The number of hydrogen-bond donors (Lipinski definition) is 1. The van der Waals surface area contributed by atoms with E-state index in [0.29, 0.717) is 16.5 Å². The van der Waals surface area contributed by atoms with Gasteiger partial charge in [0.25, 0.3) is 5.91 Å². The van der Waals surface area contributed by atoms with Gasteiger partial charge in [-0.25, -0.2) is 4.98 Å². The van der Waals surface area contributed by atoms with E-state index in [1.807, 2.05) is 33.0 Å². The summed E-state index contributed by atoms with van der Waals surface area (Å²) in [4.78, 5) is 17.0. The Hall–Kier alpha value is -1.80. The maximum absolute atomic E-state index is 12.5. The molecule has 1 N–H and O–H groups in total. The SMILES string of the molecule is Cc1nnc(NC(=O)c2c(C)nc3c(C)cc(Br)cn23)s1. The number of hydrogen-bond acceptors (Lipinski definition) is 5. The Kier molecular flexibility index (Phi) is 3.50. The highest BCUT2D eigenvalue weighted by atomic mass is 79.9. The lowest BCUT2D eigenvalue weighted by Crippen LogP contribution is -2.15. The summed E-state index contributed by atoms with van der Waals surface area (Å²) in [6.45, 7) is 5.62. The Morgan fingerprint density at radius 2 is 2.10 bits per heavy atom. The fourth-order valence-electron chi connectivity index (χ4n) is 2.16. The molecule has 1 amide bonds. The number of halogens is 1. The lowest BCUT2D eigenvalue weighted by Gasteiger charge is -2.04. The summed E-state index contributed by atoms with van der Waals surface area (Å²) in [5, 5.41) is 11.9. The third kappa shape index (κ3) is 2.56. The highest BCUT2D eigenvalue weighted by molar-refractivity contribution is 9.10. The van der Waals surface area contributed by atoms with Gasteiger partial charge in [0, 0.05) is 10.7 Å². The van der Waals surface area contributed by atoms with E-state index < -0.39 is 0 Å². The number of amides is 1. The van der Waals surface area contributed by atoms with Crippen LogP contribution < -0.4 is 5.32 Å². The van der Waals surface area contributed by atoms with Gasteiger partial charge >= 0.3 is 0 Å². The monoisotopic (exact) mass is 365 g/mol.